The smallest absolute Gasteiger partial charge is 0.326 e. The molecular weight excluding hydrogens is 534 g/mol. The van der Waals surface area contributed by atoms with E-state index in [9.17, 15) is 29.4 Å². The molecule has 0 aliphatic carbocycles. The molecule has 0 saturated carbocycles. The zero-order chi connectivity index (χ0) is 30.4. The van der Waals surface area contributed by atoms with Crippen LogP contribution in [0.25, 0.3) is 10.9 Å². The zero-order valence-corrected chi connectivity index (χ0v) is 22.8. The number of amides is 3. The standard InChI is InChI=1S/C26H41N9O6/c27-10-4-3-8-19(23(38)34-20(25(40)41)9-5-11-31-26(29)30)33-24(39)21(35-22(37)17(28)14-36)12-15-13-32-18-7-2-1-6-16(15)18/h1-2,6-7,13,17,19-21,32,36H,3-5,8-12,14,27-28H2,(H,33,39)(H,34,38)(H,35,37)(H,40,41)(H4,29,30,31). The maximum Gasteiger partial charge on any atom is 0.326 e. The van der Waals surface area contributed by atoms with E-state index in [1.807, 2.05) is 24.3 Å². The van der Waals surface area contributed by atoms with Crippen LogP contribution >= 0.6 is 0 Å². The van der Waals surface area contributed by atoms with Crippen molar-refractivity contribution in [1.82, 2.24) is 20.9 Å². The average molecular weight is 576 g/mol. The van der Waals surface area contributed by atoms with Crippen LogP contribution < -0.4 is 38.9 Å². The maximum absolute atomic E-state index is 13.5. The first-order valence-electron chi connectivity index (χ1n) is 13.4. The lowest BCUT2D eigenvalue weighted by atomic mass is 10.0. The number of H-pyrrole nitrogens is 1. The van der Waals surface area contributed by atoms with Crippen molar-refractivity contribution in [3.8, 4) is 0 Å². The molecule has 0 aliphatic rings. The highest BCUT2D eigenvalue weighted by Crippen LogP contribution is 2.19. The number of fused-ring (bicyclic) bond motifs is 1. The minimum atomic E-state index is -1.26. The minimum Gasteiger partial charge on any atom is -0.480 e. The third kappa shape index (κ3) is 10.7. The molecule has 2 rings (SSSR count). The summed E-state index contributed by atoms with van der Waals surface area (Å²) in [5, 5.41) is 27.4. The second kappa shape index (κ2) is 16.8. The lowest BCUT2D eigenvalue weighted by molar-refractivity contribution is -0.142. The Labute approximate surface area is 237 Å². The van der Waals surface area contributed by atoms with Crippen molar-refractivity contribution in [2.45, 2.75) is 62.7 Å². The first-order chi connectivity index (χ1) is 19.6. The van der Waals surface area contributed by atoms with E-state index in [4.69, 9.17) is 22.9 Å². The zero-order valence-electron chi connectivity index (χ0n) is 22.8. The number of carboxylic acids is 1. The minimum absolute atomic E-state index is 0.0550. The average Bonchev–Trinajstić information content (AvgIpc) is 3.35. The van der Waals surface area contributed by atoms with Gasteiger partial charge in [-0.3, -0.25) is 19.4 Å². The molecule has 4 unspecified atom stereocenters. The number of hydrogen-bond acceptors (Lipinski definition) is 8. The summed E-state index contributed by atoms with van der Waals surface area (Å²) in [6.45, 7) is -0.0793. The fourth-order valence-corrected chi connectivity index (χ4v) is 4.16. The van der Waals surface area contributed by atoms with Gasteiger partial charge >= 0.3 is 5.97 Å². The molecule has 226 valence electrons. The third-order valence-electron chi connectivity index (χ3n) is 6.41. The van der Waals surface area contributed by atoms with Crippen molar-refractivity contribution in [3.63, 3.8) is 0 Å². The summed E-state index contributed by atoms with van der Waals surface area (Å²) < 4.78 is 0. The van der Waals surface area contributed by atoms with Crippen molar-refractivity contribution >= 4 is 40.6 Å². The third-order valence-corrected chi connectivity index (χ3v) is 6.41. The number of nitrogens with one attached hydrogen (secondary N) is 4. The number of nitrogens with two attached hydrogens (primary N) is 4. The molecule has 0 radical (unpaired) electrons. The van der Waals surface area contributed by atoms with E-state index in [2.05, 4.69) is 25.9 Å². The van der Waals surface area contributed by atoms with Gasteiger partial charge in [0, 0.05) is 30.1 Å². The number of nitrogens with zero attached hydrogens (tertiary/aromatic N) is 1. The van der Waals surface area contributed by atoms with E-state index in [-0.39, 0.29) is 31.8 Å². The lowest BCUT2D eigenvalue weighted by Gasteiger charge is -2.25. The summed E-state index contributed by atoms with van der Waals surface area (Å²) in [4.78, 5) is 57.9. The highest BCUT2D eigenvalue weighted by atomic mass is 16.4. The lowest BCUT2D eigenvalue weighted by Crippen LogP contribution is -2.58. The molecule has 1 aromatic carbocycles. The number of carbonyl (C=O) groups is 4. The molecule has 15 heteroatoms. The fraction of sp³-hybridized carbons (Fsp3) is 0.500. The predicted molar refractivity (Wildman–Crippen MR) is 153 cm³/mol. The van der Waals surface area contributed by atoms with Crippen molar-refractivity contribution < 1.29 is 29.4 Å². The van der Waals surface area contributed by atoms with E-state index in [0.29, 0.717) is 25.8 Å². The van der Waals surface area contributed by atoms with E-state index in [0.717, 1.165) is 16.5 Å². The molecule has 3 amide bonds. The fourth-order valence-electron chi connectivity index (χ4n) is 4.16. The topological polar surface area (TPSA) is 277 Å². The van der Waals surface area contributed by atoms with Crippen molar-refractivity contribution in [2.24, 2.45) is 27.9 Å². The molecule has 2 aromatic rings. The Morgan fingerprint density at radius 3 is 2.20 bits per heavy atom. The number of aliphatic hydroxyl groups excluding tert-OH is 1. The van der Waals surface area contributed by atoms with Crippen LogP contribution in [0.5, 0.6) is 0 Å². The van der Waals surface area contributed by atoms with Crippen LogP contribution in [0, 0.1) is 0 Å². The molecule has 0 aliphatic heterocycles. The molecule has 0 saturated heterocycles. The number of unbranched alkanes of at least 4 members (excludes halogenated alkanes) is 1. The van der Waals surface area contributed by atoms with Gasteiger partial charge in [-0.25, -0.2) is 4.79 Å². The van der Waals surface area contributed by atoms with Crippen LogP contribution in [0.3, 0.4) is 0 Å². The number of aliphatic imine (C=N–C) groups is 1. The normalized spacial score (nSPS) is 13.9. The number of aromatic amines is 1. The number of aromatic nitrogens is 1. The van der Waals surface area contributed by atoms with Crippen LogP contribution in [0.2, 0.25) is 0 Å². The highest BCUT2D eigenvalue weighted by Gasteiger charge is 2.30. The number of benzene rings is 1. The second-order valence-corrected chi connectivity index (χ2v) is 9.61. The van der Waals surface area contributed by atoms with Crippen molar-refractivity contribution in [3.05, 3.63) is 36.0 Å². The molecule has 4 atom stereocenters. The summed E-state index contributed by atoms with van der Waals surface area (Å²) >= 11 is 0. The van der Waals surface area contributed by atoms with Gasteiger partial charge in [0.05, 0.1) is 6.61 Å². The van der Waals surface area contributed by atoms with E-state index < -0.39 is 54.5 Å². The van der Waals surface area contributed by atoms with Crippen molar-refractivity contribution in [1.29, 1.82) is 0 Å². The quantitative estimate of drug-likeness (QED) is 0.0518. The Kier molecular flexibility index (Phi) is 13.5. The van der Waals surface area contributed by atoms with E-state index in [1.165, 1.54) is 0 Å². The number of guanidine groups is 1. The predicted octanol–water partition coefficient (Wildman–Crippen LogP) is -2.25. The highest BCUT2D eigenvalue weighted by molar-refractivity contribution is 5.95. The largest absolute Gasteiger partial charge is 0.480 e. The van der Waals surface area contributed by atoms with Crippen LogP contribution in [0.15, 0.2) is 35.5 Å². The van der Waals surface area contributed by atoms with Crippen molar-refractivity contribution in [2.75, 3.05) is 19.7 Å². The molecular formula is C26H41N9O6. The van der Waals surface area contributed by atoms with Gasteiger partial charge in [-0.2, -0.15) is 0 Å². The molecule has 1 heterocycles. The maximum atomic E-state index is 13.5. The van der Waals surface area contributed by atoms with Crippen LogP contribution in [-0.4, -0.2) is 88.7 Å². The number of para-hydroxylation sites is 1. The summed E-state index contributed by atoms with van der Waals surface area (Å²) in [5.74, 6) is -3.51. The molecule has 0 fully saturated rings. The van der Waals surface area contributed by atoms with Crippen LogP contribution in [0.1, 0.15) is 37.7 Å². The summed E-state index contributed by atoms with van der Waals surface area (Å²) in [5.41, 5.74) is 23.4. The molecule has 0 bridgehead atoms. The Bertz CT molecular complexity index is 1200. The van der Waals surface area contributed by atoms with Gasteiger partial charge in [0.1, 0.15) is 24.2 Å². The van der Waals surface area contributed by atoms with Crippen LogP contribution in [0.4, 0.5) is 0 Å². The Morgan fingerprint density at radius 1 is 0.902 bits per heavy atom. The summed E-state index contributed by atoms with van der Waals surface area (Å²) in [6.07, 6.45) is 3.35. The SMILES string of the molecule is NCCCCC(NC(=O)C(Cc1c[nH]c2ccccc12)NC(=O)C(N)CO)C(=O)NC(CCCN=C(N)N)C(=O)O. The summed E-state index contributed by atoms with van der Waals surface area (Å²) in [6, 6.07) is 2.65. The first kappa shape index (κ1) is 33.0. The molecule has 0 spiro atoms. The van der Waals surface area contributed by atoms with Gasteiger partial charge in [-0.1, -0.05) is 18.2 Å². The van der Waals surface area contributed by atoms with Gasteiger partial charge in [-0.15, -0.1) is 0 Å². The number of aliphatic hydroxyl groups is 1. The van der Waals surface area contributed by atoms with E-state index >= 15 is 0 Å². The number of carbonyl (C=O) groups excluding carboxylic acids is 3. The number of rotatable bonds is 18. The molecule has 15 nitrogen and oxygen atoms in total. The van der Waals surface area contributed by atoms with Gasteiger partial charge in [0.15, 0.2) is 5.96 Å². The number of aliphatic carboxylic acids is 1. The monoisotopic (exact) mass is 575 g/mol. The molecule has 1 aromatic heterocycles. The number of carboxylic acid groups (broad SMARTS) is 1. The van der Waals surface area contributed by atoms with Gasteiger partial charge < -0.3 is 54.1 Å². The second-order valence-electron chi connectivity index (χ2n) is 9.61. The Morgan fingerprint density at radius 2 is 1.54 bits per heavy atom. The van der Waals surface area contributed by atoms with Crippen LogP contribution in [-0.2, 0) is 25.6 Å². The van der Waals surface area contributed by atoms with Gasteiger partial charge in [0.25, 0.3) is 0 Å². The Hall–Kier alpha value is -4.21. The molecule has 41 heavy (non-hydrogen) atoms. The van der Waals surface area contributed by atoms with E-state index in [1.54, 1.807) is 6.20 Å². The first-order valence-corrected chi connectivity index (χ1v) is 13.4. The van der Waals surface area contributed by atoms with Gasteiger partial charge in [0.2, 0.25) is 17.7 Å². The Balaban J connectivity index is 2.23. The molecule has 14 N–H and O–H groups in total. The number of hydrogen-bond donors (Lipinski definition) is 10. The summed E-state index contributed by atoms with van der Waals surface area (Å²) in [7, 11) is 0. The van der Waals surface area contributed by atoms with Gasteiger partial charge in [-0.05, 0) is 50.3 Å².